The van der Waals surface area contributed by atoms with Gasteiger partial charge in [-0.05, 0) is 6.92 Å². The van der Waals surface area contributed by atoms with Crippen molar-refractivity contribution < 1.29 is 19.4 Å². The summed E-state index contributed by atoms with van der Waals surface area (Å²) in [5.41, 5.74) is -1.07. The van der Waals surface area contributed by atoms with Gasteiger partial charge < -0.3 is 24.6 Å². The molecular weight excluding hydrogens is 425 g/mol. The van der Waals surface area contributed by atoms with Gasteiger partial charge in [0.25, 0.3) is 11.8 Å². The molecule has 0 spiro atoms. The fourth-order valence-electron chi connectivity index (χ4n) is 3.54. The molecule has 154 valence electrons. The van der Waals surface area contributed by atoms with E-state index in [-0.39, 0.29) is 40.6 Å². The topological polar surface area (TPSA) is 119 Å². The van der Waals surface area contributed by atoms with Gasteiger partial charge in [0.1, 0.15) is 21.4 Å². The highest BCUT2D eigenvalue weighted by molar-refractivity contribution is 6.41. The molecule has 1 saturated heterocycles. The first-order chi connectivity index (χ1) is 13.7. The number of amides is 2. The minimum atomic E-state index is -0.932. The van der Waals surface area contributed by atoms with E-state index in [1.165, 1.54) is 20.3 Å². The lowest BCUT2D eigenvalue weighted by atomic mass is 10.1. The largest absolute Gasteiger partial charge is 0.503 e. The van der Waals surface area contributed by atoms with Gasteiger partial charge in [0.2, 0.25) is 5.43 Å². The molecule has 0 bridgehead atoms. The zero-order chi connectivity index (χ0) is 21.0. The number of aryl methyl sites for hydroxylation is 1. The van der Waals surface area contributed by atoms with Gasteiger partial charge in [-0.2, -0.15) is 5.10 Å². The molecule has 10 nitrogen and oxygen atoms in total. The molecule has 0 aromatic carbocycles. The first-order valence-corrected chi connectivity index (χ1v) is 9.52. The number of hydrogen-bond donors (Lipinski definition) is 2. The zero-order valence-electron chi connectivity index (χ0n) is 15.5. The quantitative estimate of drug-likeness (QED) is 0.724. The molecule has 4 rings (SSSR count). The summed E-state index contributed by atoms with van der Waals surface area (Å²) >= 11 is 12.0. The van der Waals surface area contributed by atoms with E-state index in [4.69, 9.17) is 27.9 Å². The normalized spacial score (nSPS) is 20.6. The van der Waals surface area contributed by atoms with Gasteiger partial charge in [-0.3, -0.25) is 19.1 Å². The number of pyridine rings is 1. The highest BCUT2D eigenvalue weighted by atomic mass is 35.5. The van der Waals surface area contributed by atoms with Gasteiger partial charge in [0, 0.05) is 13.2 Å². The summed E-state index contributed by atoms with van der Waals surface area (Å²) in [6, 6.07) is -0.173. The van der Waals surface area contributed by atoms with Crippen LogP contribution in [0.15, 0.2) is 11.0 Å². The molecule has 2 aromatic rings. The minimum absolute atomic E-state index is 0.0733. The average molecular weight is 442 g/mol. The van der Waals surface area contributed by atoms with Crippen LogP contribution >= 0.6 is 23.2 Å². The third-order valence-corrected chi connectivity index (χ3v) is 5.94. The van der Waals surface area contributed by atoms with E-state index in [1.807, 2.05) is 6.92 Å². The van der Waals surface area contributed by atoms with Crippen molar-refractivity contribution in [2.75, 3.05) is 6.61 Å². The number of aromatic nitrogens is 3. The van der Waals surface area contributed by atoms with Crippen LogP contribution in [0.3, 0.4) is 0 Å². The van der Waals surface area contributed by atoms with Crippen LogP contribution < -0.4 is 10.7 Å². The van der Waals surface area contributed by atoms with Crippen molar-refractivity contribution in [2.45, 2.75) is 32.3 Å². The van der Waals surface area contributed by atoms with Gasteiger partial charge in [-0.1, -0.05) is 23.2 Å². The lowest BCUT2D eigenvalue weighted by Gasteiger charge is -2.33. The number of aromatic hydroxyl groups is 1. The average Bonchev–Trinajstić information content (AvgIpc) is 3.17. The van der Waals surface area contributed by atoms with E-state index in [2.05, 4.69) is 10.4 Å². The maximum Gasteiger partial charge on any atom is 0.276 e. The standard InChI is InChI=1S/C17H17Cl2N5O5/c1-7-6-29-10-5-23-4-8(13(25)14(26)12(23)17(28)24(7)10)16(27)20-3-9-11(18)15(19)22(2)21-9/h4,7,10,26H,3,5-6H2,1-2H3,(H,20,27)/t7-,10+/m0/s1. The SMILES string of the molecule is C[C@H]1CO[C@@H]2Cn3cc(C(=O)NCc4nn(C)c(Cl)c4Cl)c(=O)c(O)c3C(=O)N12. The molecule has 0 aliphatic carbocycles. The lowest BCUT2D eigenvalue weighted by Crippen LogP contribution is -2.49. The van der Waals surface area contributed by atoms with Crippen LogP contribution in [0.1, 0.15) is 33.5 Å². The fourth-order valence-corrected chi connectivity index (χ4v) is 3.91. The van der Waals surface area contributed by atoms with Gasteiger partial charge in [0.05, 0.1) is 25.7 Å². The zero-order valence-corrected chi connectivity index (χ0v) is 17.0. The first kappa shape index (κ1) is 19.7. The summed E-state index contributed by atoms with van der Waals surface area (Å²) in [5.74, 6) is -2.02. The van der Waals surface area contributed by atoms with Gasteiger partial charge in [-0.25, -0.2) is 0 Å². The Morgan fingerprint density at radius 2 is 2.14 bits per heavy atom. The van der Waals surface area contributed by atoms with E-state index >= 15 is 0 Å². The molecule has 0 radical (unpaired) electrons. The van der Waals surface area contributed by atoms with Crippen LogP contribution in [-0.4, -0.2) is 55.0 Å². The molecule has 1 fully saturated rings. The van der Waals surface area contributed by atoms with E-state index in [1.54, 1.807) is 7.05 Å². The lowest BCUT2D eigenvalue weighted by molar-refractivity contribution is 0.00624. The maximum absolute atomic E-state index is 12.7. The van der Waals surface area contributed by atoms with Gasteiger partial charge >= 0.3 is 0 Å². The minimum Gasteiger partial charge on any atom is -0.503 e. The fraction of sp³-hybridized carbons (Fsp3) is 0.412. The summed E-state index contributed by atoms with van der Waals surface area (Å²) in [6.45, 7) is 2.30. The van der Waals surface area contributed by atoms with Crippen molar-refractivity contribution in [3.8, 4) is 5.75 Å². The molecule has 2 atom stereocenters. The number of halogens is 2. The Morgan fingerprint density at radius 3 is 2.79 bits per heavy atom. The van der Waals surface area contributed by atoms with Crippen LogP contribution in [0.5, 0.6) is 5.75 Å². The highest BCUT2D eigenvalue weighted by Gasteiger charge is 2.42. The van der Waals surface area contributed by atoms with Crippen molar-refractivity contribution in [1.29, 1.82) is 0 Å². The van der Waals surface area contributed by atoms with E-state index < -0.39 is 29.2 Å². The van der Waals surface area contributed by atoms with Crippen LogP contribution in [0, 0.1) is 0 Å². The van der Waals surface area contributed by atoms with E-state index in [0.29, 0.717) is 12.3 Å². The molecule has 2 amide bonds. The Balaban J connectivity index is 1.63. The number of carbonyl (C=O) groups excluding carboxylic acids is 2. The van der Waals surface area contributed by atoms with Crippen molar-refractivity contribution in [3.05, 3.63) is 43.5 Å². The predicted octanol–water partition coefficient (Wildman–Crippen LogP) is 0.725. The van der Waals surface area contributed by atoms with Crippen molar-refractivity contribution in [1.82, 2.24) is 24.6 Å². The molecule has 2 aliphatic rings. The van der Waals surface area contributed by atoms with Crippen LogP contribution in [-0.2, 0) is 24.9 Å². The Bertz CT molecular complexity index is 1090. The number of fused-ring (bicyclic) bond motifs is 2. The molecular formula is C17H17Cl2N5O5. The third kappa shape index (κ3) is 3.07. The second-order valence-corrected chi connectivity index (χ2v) is 7.66. The Kier molecular flexibility index (Phi) is 4.80. The number of nitrogens with one attached hydrogen (secondary N) is 1. The Morgan fingerprint density at radius 1 is 1.41 bits per heavy atom. The summed E-state index contributed by atoms with van der Waals surface area (Å²) < 4.78 is 8.31. The molecule has 2 aliphatic heterocycles. The van der Waals surface area contributed by atoms with Crippen LogP contribution in [0.4, 0.5) is 0 Å². The number of carbonyl (C=O) groups is 2. The number of ether oxygens (including phenoxy) is 1. The third-order valence-electron chi connectivity index (χ3n) is 5.01. The van der Waals surface area contributed by atoms with Crippen LogP contribution in [0.25, 0.3) is 0 Å². The number of rotatable bonds is 3. The van der Waals surface area contributed by atoms with Crippen molar-refractivity contribution in [2.24, 2.45) is 7.05 Å². The second-order valence-electron chi connectivity index (χ2n) is 6.93. The predicted molar refractivity (Wildman–Crippen MR) is 102 cm³/mol. The Hall–Kier alpha value is -2.56. The maximum atomic E-state index is 12.7. The number of hydrogen-bond acceptors (Lipinski definition) is 6. The number of nitrogens with zero attached hydrogens (tertiary/aromatic N) is 4. The monoisotopic (exact) mass is 441 g/mol. The molecule has 12 heteroatoms. The van der Waals surface area contributed by atoms with Crippen LogP contribution in [0.2, 0.25) is 10.2 Å². The second kappa shape index (κ2) is 7.05. The molecule has 4 heterocycles. The van der Waals surface area contributed by atoms with Crippen molar-refractivity contribution in [3.63, 3.8) is 0 Å². The summed E-state index contributed by atoms with van der Waals surface area (Å²) in [7, 11) is 1.60. The summed E-state index contributed by atoms with van der Waals surface area (Å²) in [4.78, 5) is 39.3. The molecule has 2 N–H and O–H groups in total. The van der Waals surface area contributed by atoms with Crippen molar-refractivity contribution >= 4 is 35.0 Å². The smallest absolute Gasteiger partial charge is 0.276 e. The summed E-state index contributed by atoms with van der Waals surface area (Å²) in [5, 5.41) is 17.4. The molecule has 2 aromatic heterocycles. The van der Waals surface area contributed by atoms with Gasteiger partial charge in [0.15, 0.2) is 17.7 Å². The molecule has 0 saturated carbocycles. The van der Waals surface area contributed by atoms with Gasteiger partial charge in [-0.15, -0.1) is 0 Å². The first-order valence-electron chi connectivity index (χ1n) is 8.76. The molecule has 29 heavy (non-hydrogen) atoms. The van der Waals surface area contributed by atoms with E-state index in [0.717, 1.165) is 0 Å². The molecule has 0 unspecified atom stereocenters. The highest BCUT2D eigenvalue weighted by Crippen LogP contribution is 2.29. The van der Waals surface area contributed by atoms with E-state index in [9.17, 15) is 19.5 Å². The Labute approximate surface area is 174 Å². The summed E-state index contributed by atoms with van der Waals surface area (Å²) in [6.07, 6.45) is 0.735.